The molecule has 17 heavy (non-hydrogen) atoms. The lowest BCUT2D eigenvalue weighted by molar-refractivity contribution is 0.346. The molecule has 0 atom stereocenters. The fourth-order valence-electron chi connectivity index (χ4n) is 1.88. The molecule has 0 aromatic carbocycles. The lowest BCUT2D eigenvalue weighted by atomic mass is 10.2. The topological polar surface area (TPSA) is 53.2 Å². The maximum atomic E-state index is 12.4. The van der Waals surface area contributed by atoms with Gasteiger partial charge < -0.3 is 4.98 Å². The van der Waals surface area contributed by atoms with Crippen LogP contribution in [-0.4, -0.2) is 30.8 Å². The molecule has 2 rings (SSSR count). The second kappa shape index (κ2) is 5.17. The Balaban J connectivity index is 2.44. The van der Waals surface area contributed by atoms with E-state index in [1.165, 1.54) is 10.5 Å². The highest BCUT2D eigenvalue weighted by atomic mass is 79.9. The molecule has 0 bridgehead atoms. The van der Waals surface area contributed by atoms with Gasteiger partial charge in [-0.25, -0.2) is 8.42 Å². The average Bonchev–Trinajstić information content (AvgIpc) is 2.33. The number of hydrogen-bond acceptors (Lipinski definition) is 3. The van der Waals surface area contributed by atoms with Gasteiger partial charge in [0.15, 0.2) is 0 Å². The molecule has 1 aliphatic rings. The van der Waals surface area contributed by atoms with Gasteiger partial charge in [-0.05, 0) is 28.8 Å². The maximum Gasteiger partial charge on any atom is 0.246 e. The molecule has 0 aliphatic carbocycles. The molecule has 1 saturated heterocycles. The van der Waals surface area contributed by atoms with Crippen LogP contribution in [0, 0.1) is 4.51 Å². The van der Waals surface area contributed by atoms with E-state index in [4.69, 9.17) is 12.2 Å². The van der Waals surface area contributed by atoms with Gasteiger partial charge in [-0.15, -0.1) is 0 Å². The van der Waals surface area contributed by atoms with Crippen molar-refractivity contribution in [1.82, 2.24) is 9.29 Å². The minimum Gasteiger partial charge on any atom is -0.365 e. The second-order valence-corrected chi connectivity index (χ2v) is 7.13. The number of rotatable bonds is 2. The first-order valence-corrected chi connectivity index (χ1v) is 8.04. The Morgan fingerprint density at radius 1 is 1.24 bits per heavy atom. The minimum atomic E-state index is -3.45. The van der Waals surface area contributed by atoms with Gasteiger partial charge in [0.25, 0.3) is 0 Å². The molecule has 94 valence electrons. The molecule has 0 amide bonds. The van der Waals surface area contributed by atoms with Gasteiger partial charge in [-0.1, -0.05) is 18.6 Å². The summed E-state index contributed by atoms with van der Waals surface area (Å²) in [5, 5.41) is 0. The number of sulfonamides is 1. The largest absolute Gasteiger partial charge is 0.365 e. The van der Waals surface area contributed by atoms with E-state index in [2.05, 4.69) is 20.9 Å². The van der Waals surface area contributed by atoms with Crippen molar-refractivity contribution in [3.05, 3.63) is 21.4 Å². The van der Waals surface area contributed by atoms with Crippen LogP contribution >= 0.6 is 28.1 Å². The Kier molecular flexibility index (Phi) is 4.02. The number of piperidine rings is 1. The van der Waals surface area contributed by atoms with E-state index in [0.717, 1.165) is 19.3 Å². The summed E-state index contributed by atoms with van der Waals surface area (Å²) >= 11 is 8.38. The van der Waals surface area contributed by atoms with Gasteiger partial charge in [0.05, 0.1) is 8.98 Å². The smallest absolute Gasteiger partial charge is 0.246 e. The predicted octanol–water partition coefficient (Wildman–Crippen LogP) is 2.68. The molecule has 2 heterocycles. The number of pyridine rings is 1. The Bertz CT molecular complexity index is 562. The van der Waals surface area contributed by atoms with Crippen LogP contribution in [-0.2, 0) is 10.0 Å². The molecular weight excluding hydrogens is 324 g/mol. The number of aromatic nitrogens is 1. The van der Waals surface area contributed by atoms with Crippen molar-refractivity contribution >= 4 is 38.2 Å². The third kappa shape index (κ3) is 2.62. The molecule has 1 aromatic rings. The van der Waals surface area contributed by atoms with Crippen LogP contribution in [0.5, 0.6) is 0 Å². The lowest BCUT2D eigenvalue weighted by Gasteiger charge is -2.25. The van der Waals surface area contributed by atoms with E-state index in [9.17, 15) is 8.42 Å². The Morgan fingerprint density at radius 3 is 2.53 bits per heavy atom. The monoisotopic (exact) mass is 336 g/mol. The quantitative estimate of drug-likeness (QED) is 0.844. The first kappa shape index (κ1) is 13.2. The highest BCUT2D eigenvalue weighted by molar-refractivity contribution is 9.10. The van der Waals surface area contributed by atoms with Crippen LogP contribution < -0.4 is 0 Å². The molecule has 1 N–H and O–H groups in total. The fraction of sp³-hybridized carbons (Fsp3) is 0.500. The van der Waals surface area contributed by atoms with E-state index in [-0.39, 0.29) is 4.90 Å². The summed E-state index contributed by atoms with van der Waals surface area (Å²) in [7, 11) is -3.45. The summed E-state index contributed by atoms with van der Waals surface area (Å²) in [4.78, 5) is 2.98. The minimum absolute atomic E-state index is 0.184. The Labute approximate surface area is 114 Å². The molecule has 4 nitrogen and oxygen atoms in total. The molecular formula is C10H13BrN2O2S2. The van der Waals surface area contributed by atoms with Crippen LogP contribution in [0.25, 0.3) is 0 Å². The Morgan fingerprint density at radius 2 is 1.88 bits per heavy atom. The lowest BCUT2D eigenvalue weighted by Crippen LogP contribution is -2.35. The Hall–Kier alpha value is -0.240. The number of nitrogens with zero attached hydrogens (tertiary/aromatic N) is 1. The van der Waals surface area contributed by atoms with Gasteiger partial charge in [0.2, 0.25) is 10.0 Å². The summed E-state index contributed by atoms with van der Waals surface area (Å²) in [6, 6.07) is 0. The normalized spacial score (nSPS) is 18.2. The zero-order valence-electron chi connectivity index (χ0n) is 9.15. The number of halogens is 1. The first-order valence-electron chi connectivity index (χ1n) is 5.40. The van der Waals surface area contributed by atoms with Crippen LogP contribution in [0.1, 0.15) is 19.3 Å². The molecule has 7 heteroatoms. The summed E-state index contributed by atoms with van der Waals surface area (Å²) < 4.78 is 27.2. The van der Waals surface area contributed by atoms with E-state index < -0.39 is 10.0 Å². The van der Waals surface area contributed by atoms with Crippen LogP contribution in [0.3, 0.4) is 0 Å². The number of nitrogens with one attached hydrogen (secondary N) is 1. The van der Waals surface area contributed by atoms with Gasteiger partial charge in [-0.2, -0.15) is 4.31 Å². The number of hydrogen-bond donors (Lipinski definition) is 1. The first-order chi connectivity index (χ1) is 8.03. The molecule has 0 unspecified atom stereocenters. The van der Waals surface area contributed by atoms with Crippen molar-refractivity contribution < 1.29 is 8.42 Å². The third-order valence-corrected chi connectivity index (χ3v) is 6.18. The van der Waals surface area contributed by atoms with Gasteiger partial charge >= 0.3 is 0 Å². The molecule has 1 aromatic heterocycles. The van der Waals surface area contributed by atoms with Crippen LogP contribution in [0.4, 0.5) is 0 Å². The fourth-order valence-corrected chi connectivity index (χ4v) is 4.36. The van der Waals surface area contributed by atoms with Crippen molar-refractivity contribution in [2.75, 3.05) is 13.1 Å². The van der Waals surface area contributed by atoms with Gasteiger partial charge in [-0.3, -0.25) is 0 Å². The molecule has 0 spiro atoms. The maximum absolute atomic E-state index is 12.4. The SMILES string of the molecule is O=S(=O)(c1c[nH]cc(Br)c1=S)N1CCCCC1. The number of aromatic amines is 1. The predicted molar refractivity (Wildman–Crippen MR) is 71.9 cm³/mol. The van der Waals surface area contributed by atoms with Crippen LogP contribution in [0.15, 0.2) is 21.8 Å². The van der Waals surface area contributed by atoms with Gasteiger partial charge in [0.1, 0.15) is 4.90 Å². The van der Waals surface area contributed by atoms with Crippen molar-refractivity contribution in [3.8, 4) is 0 Å². The molecule has 0 radical (unpaired) electrons. The zero-order valence-corrected chi connectivity index (χ0v) is 12.4. The van der Waals surface area contributed by atoms with Gasteiger partial charge in [0, 0.05) is 25.5 Å². The molecule has 1 fully saturated rings. The highest BCUT2D eigenvalue weighted by Gasteiger charge is 2.27. The summed E-state index contributed by atoms with van der Waals surface area (Å²) in [5.41, 5.74) is 0. The van der Waals surface area contributed by atoms with E-state index in [1.807, 2.05) is 0 Å². The van der Waals surface area contributed by atoms with Crippen molar-refractivity contribution in [3.63, 3.8) is 0 Å². The number of H-pyrrole nitrogens is 1. The van der Waals surface area contributed by atoms with Crippen molar-refractivity contribution in [1.29, 1.82) is 0 Å². The van der Waals surface area contributed by atoms with Crippen molar-refractivity contribution in [2.45, 2.75) is 24.2 Å². The molecule has 1 aliphatic heterocycles. The van der Waals surface area contributed by atoms with E-state index in [1.54, 1.807) is 6.20 Å². The molecule has 0 saturated carbocycles. The zero-order chi connectivity index (χ0) is 12.5. The van der Waals surface area contributed by atoms with Crippen LogP contribution in [0.2, 0.25) is 0 Å². The summed E-state index contributed by atoms with van der Waals surface area (Å²) in [6.07, 6.45) is 6.03. The highest BCUT2D eigenvalue weighted by Crippen LogP contribution is 2.23. The second-order valence-electron chi connectivity index (χ2n) is 3.96. The third-order valence-electron chi connectivity index (χ3n) is 2.80. The standard InChI is InChI=1S/C10H13BrN2O2S2/c11-8-6-12-7-9(10(8)16)17(14,15)13-4-2-1-3-5-13/h6-7H,1-5H2,(H,12,16). The summed E-state index contributed by atoms with van der Waals surface area (Å²) in [5.74, 6) is 0. The summed E-state index contributed by atoms with van der Waals surface area (Å²) in [6.45, 7) is 1.17. The average molecular weight is 337 g/mol. The van der Waals surface area contributed by atoms with Crippen molar-refractivity contribution in [2.24, 2.45) is 0 Å². The van der Waals surface area contributed by atoms with E-state index >= 15 is 0 Å². The van der Waals surface area contributed by atoms with E-state index in [0.29, 0.717) is 22.1 Å².